The van der Waals surface area contributed by atoms with E-state index >= 15 is 0 Å². The Balaban J connectivity index is 2.11. The lowest BCUT2D eigenvalue weighted by Gasteiger charge is -2.52. The Kier molecular flexibility index (Phi) is 2.18. The number of aryl methyl sites for hydroxylation is 1. The van der Waals surface area contributed by atoms with Gasteiger partial charge in [0.1, 0.15) is 5.54 Å². The van der Waals surface area contributed by atoms with E-state index in [1.807, 2.05) is 0 Å². The van der Waals surface area contributed by atoms with E-state index in [0.29, 0.717) is 0 Å². The van der Waals surface area contributed by atoms with E-state index in [9.17, 15) is 4.79 Å². The first-order valence-corrected chi connectivity index (χ1v) is 6.37. The predicted octanol–water partition coefficient (Wildman–Crippen LogP) is 2.70. The van der Waals surface area contributed by atoms with Crippen LogP contribution in [0.25, 0.3) is 0 Å². The van der Waals surface area contributed by atoms with Crippen molar-refractivity contribution in [2.75, 3.05) is 16.8 Å². The van der Waals surface area contributed by atoms with E-state index in [4.69, 9.17) is 0 Å². The Labute approximate surface area is 102 Å². The fraction of sp³-hybridized carbons (Fsp3) is 0.500. The molecule has 3 rings (SSSR count). The minimum atomic E-state index is -0.253. The van der Waals surface area contributed by atoms with Crippen LogP contribution >= 0.6 is 0 Å². The lowest BCUT2D eigenvalue weighted by Crippen LogP contribution is -2.63. The van der Waals surface area contributed by atoms with Gasteiger partial charge in [0.25, 0.3) is 0 Å². The summed E-state index contributed by atoms with van der Waals surface area (Å²) < 4.78 is 0. The summed E-state index contributed by atoms with van der Waals surface area (Å²) in [6.45, 7) is 5.07. The van der Waals surface area contributed by atoms with Crippen LogP contribution < -0.4 is 10.2 Å². The zero-order chi connectivity index (χ0) is 12.0. The molecule has 17 heavy (non-hydrogen) atoms. The lowest BCUT2D eigenvalue weighted by molar-refractivity contribution is -0.124. The molecule has 1 spiro atoms. The monoisotopic (exact) mass is 230 g/mol. The highest BCUT2D eigenvalue weighted by Crippen LogP contribution is 2.46. The van der Waals surface area contributed by atoms with E-state index < -0.39 is 0 Å². The van der Waals surface area contributed by atoms with Crippen LogP contribution in [0.1, 0.15) is 31.7 Å². The molecule has 1 aromatic rings. The second kappa shape index (κ2) is 3.49. The van der Waals surface area contributed by atoms with Crippen molar-refractivity contribution >= 4 is 17.3 Å². The Morgan fingerprint density at radius 2 is 2.18 bits per heavy atom. The lowest BCUT2D eigenvalue weighted by atomic mass is 9.73. The highest BCUT2D eigenvalue weighted by molar-refractivity contribution is 6.07. The second-order valence-electron chi connectivity index (χ2n) is 5.10. The fourth-order valence-corrected chi connectivity index (χ4v) is 3.06. The molecule has 0 radical (unpaired) electrons. The van der Waals surface area contributed by atoms with Crippen molar-refractivity contribution in [2.24, 2.45) is 0 Å². The van der Waals surface area contributed by atoms with Crippen molar-refractivity contribution in [3.63, 3.8) is 0 Å². The van der Waals surface area contributed by atoms with E-state index in [1.165, 1.54) is 11.3 Å². The molecule has 1 aliphatic heterocycles. The molecule has 0 atom stereocenters. The van der Waals surface area contributed by atoms with Crippen LogP contribution in [-0.2, 0) is 4.79 Å². The first-order chi connectivity index (χ1) is 8.17. The van der Waals surface area contributed by atoms with Crippen molar-refractivity contribution in [1.82, 2.24) is 0 Å². The maximum atomic E-state index is 12.3. The molecule has 3 heteroatoms. The highest BCUT2D eigenvalue weighted by Gasteiger charge is 2.51. The van der Waals surface area contributed by atoms with Gasteiger partial charge in [-0.25, -0.2) is 0 Å². The van der Waals surface area contributed by atoms with Crippen LogP contribution in [0.4, 0.5) is 11.4 Å². The van der Waals surface area contributed by atoms with Crippen molar-refractivity contribution in [2.45, 2.75) is 38.6 Å². The Bertz CT molecular complexity index is 477. The van der Waals surface area contributed by atoms with E-state index in [2.05, 4.69) is 42.3 Å². The number of rotatable bonds is 1. The molecule has 1 heterocycles. The maximum absolute atomic E-state index is 12.3. The van der Waals surface area contributed by atoms with Gasteiger partial charge in [0.2, 0.25) is 5.91 Å². The molecule has 1 fully saturated rings. The van der Waals surface area contributed by atoms with E-state index in [1.54, 1.807) is 0 Å². The summed E-state index contributed by atoms with van der Waals surface area (Å²) in [5.41, 5.74) is 3.08. The fourth-order valence-electron chi connectivity index (χ4n) is 3.06. The summed E-state index contributed by atoms with van der Waals surface area (Å²) in [5, 5.41) is 3.08. The predicted molar refractivity (Wildman–Crippen MR) is 69.4 cm³/mol. The molecule has 0 bridgehead atoms. The highest BCUT2D eigenvalue weighted by atomic mass is 16.2. The smallest absolute Gasteiger partial charge is 0.250 e. The minimum Gasteiger partial charge on any atom is -0.356 e. The van der Waals surface area contributed by atoms with Gasteiger partial charge in [-0.2, -0.15) is 0 Å². The number of anilines is 2. The molecule has 0 saturated heterocycles. The number of likely N-dealkylation sites (N-methyl/N-ethyl adjacent to an activating group) is 1. The van der Waals surface area contributed by atoms with Crippen LogP contribution in [-0.4, -0.2) is 18.0 Å². The SMILES string of the molecule is CCN1c2ccc(C)cc2NC(=O)C12CCC2. The van der Waals surface area contributed by atoms with Gasteiger partial charge >= 0.3 is 0 Å². The number of carbonyl (C=O) groups excluding carboxylic acids is 1. The summed E-state index contributed by atoms with van der Waals surface area (Å²) >= 11 is 0. The van der Waals surface area contributed by atoms with Crippen molar-refractivity contribution in [3.8, 4) is 0 Å². The number of nitrogens with zero attached hydrogens (tertiary/aromatic N) is 1. The molecule has 90 valence electrons. The topological polar surface area (TPSA) is 32.3 Å². The Morgan fingerprint density at radius 3 is 2.76 bits per heavy atom. The molecular formula is C14H18N2O. The molecule has 2 aliphatic rings. The van der Waals surface area contributed by atoms with Gasteiger partial charge in [-0.05, 0) is 50.8 Å². The van der Waals surface area contributed by atoms with Crippen LogP contribution in [0.5, 0.6) is 0 Å². The van der Waals surface area contributed by atoms with Crippen LogP contribution in [0, 0.1) is 6.92 Å². The summed E-state index contributed by atoms with van der Waals surface area (Å²) in [4.78, 5) is 14.6. The second-order valence-corrected chi connectivity index (χ2v) is 5.10. The van der Waals surface area contributed by atoms with Gasteiger partial charge in [0, 0.05) is 6.54 Å². The summed E-state index contributed by atoms with van der Waals surface area (Å²) in [6, 6.07) is 6.31. The van der Waals surface area contributed by atoms with Crippen LogP contribution in [0.3, 0.4) is 0 Å². The molecule has 3 nitrogen and oxygen atoms in total. The average Bonchev–Trinajstić information content (AvgIpc) is 2.24. The number of amides is 1. The molecule has 0 aromatic heterocycles. The quantitative estimate of drug-likeness (QED) is 0.804. The third-order valence-corrected chi connectivity index (χ3v) is 4.13. The summed E-state index contributed by atoms with van der Waals surface area (Å²) in [5.74, 6) is 0.184. The van der Waals surface area contributed by atoms with Gasteiger partial charge in [-0.1, -0.05) is 6.07 Å². The third-order valence-electron chi connectivity index (χ3n) is 4.13. The summed E-state index contributed by atoms with van der Waals surface area (Å²) in [6.07, 6.45) is 3.13. The minimum absolute atomic E-state index is 0.184. The van der Waals surface area contributed by atoms with Crippen molar-refractivity contribution < 1.29 is 4.79 Å². The zero-order valence-electron chi connectivity index (χ0n) is 10.4. The Hall–Kier alpha value is -1.51. The number of hydrogen-bond acceptors (Lipinski definition) is 2. The van der Waals surface area contributed by atoms with Crippen molar-refractivity contribution in [3.05, 3.63) is 23.8 Å². The number of carbonyl (C=O) groups is 1. The molecular weight excluding hydrogens is 212 g/mol. The number of benzene rings is 1. The maximum Gasteiger partial charge on any atom is 0.250 e. The van der Waals surface area contributed by atoms with Crippen LogP contribution in [0.15, 0.2) is 18.2 Å². The molecule has 1 aromatic carbocycles. The normalized spacial score (nSPS) is 20.8. The molecule has 1 amide bonds. The first-order valence-electron chi connectivity index (χ1n) is 6.37. The largest absolute Gasteiger partial charge is 0.356 e. The number of nitrogens with one attached hydrogen (secondary N) is 1. The summed E-state index contributed by atoms with van der Waals surface area (Å²) in [7, 11) is 0. The van der Waals surface area contributed by atoms with E-state index in [0.717, 1.165) is 31.5 Å². The van der Waals surface area contributed by atoms with Crippen LogP contribution in [0.2, 0.25) is 0 Å². The standard InChI is InChI=1S/C14H18N2O/c1-3-16-12-6-5-10(2)9-11(12)15-13(17)14(16)7-4-8-14/h5-6,9H,3-4,7-8H2,1-2H3,(H,15,17). The average molecular weight is 230 g/mol. The molecule has 1 saturated carbocycles. The number of fused-ring (bicyclic) bond motifs is 1. The molecule has 1 aliphatic carbocycles. The van der Waals surface area contributed by atoms with Gasteiger partial charge in [0.15, 0.2) is 0 Å². The van der Waals surface area contributed by atoms with E-state index in [-0.39, 0.29) is 11.4 Å². The molecule has 1 N–H and O–H groups in total. The van der Waals surface area contributed by atoms with Gasteiger partial charge < -0.3 is 10.2 Å². The number of hydrogen-bond donors (Lipinski definition) is 1. The van der Waals surface area contributed by atoms with Crippen molar-refractivity contribution in [1.29, 1.82) is 0 Å². The third kappa shape index (κ3) is 1.31. The van der Waals surface area contributed by atoms with Gasteiger partial charge in [-0.15, -0.1) is 0 Å². The first kappa shape index (κ1) is 10.6. The van der Waals surface area contributed by atoms with Gasteiger partial charge in [0.05, 0.1) is 11.4 Å². The zero-order valence-corrected chi connectivity index (χ0v) is 10.4. The molecule has 0 unspecified atom stereocenters. The van der Waals surface area contributed by atoms with Gasteiger partial charge in [-0.3, -0.25) is 4.79 Å². The Morgan fingerprint density at radius 1 is 1.41 bits per heavy atom.